The van der Waals surface area contributed by atoms with Crippen molar-refractivity contribution in [3.8, 4) is 0 Å². The number of halogens is 1. The highest BCUT2D eigenvalue weighted by Gasteiger charge is 2.64. The van der Waals surface area contributed by atoms with Crippen LogP contribution in [0.3, 0.4) is 0 Å². The molecule has 5 nitrogen and oxygen atoms in total. The summed E-state index contributed by atoms with van der Waals surface area (Å²) in [5, 5.41) is 0. The van der Waals surface area contributed by atoms with Crippen LogP contribution in [0.15, 0.2) is 89.4 Å². The van der Waals surface area contributed by atoms with Crippen LogP contribution in [0.25, 0.3) is 6.08 Å². The van der Waals surface area contributed by atoms with E-state index in [1.54, 1.807) is 36.4 Å². The van der Waals surface area contributed by atoms with Gasteiger partial charge in [0.15, 0.2) is 5.78 Å². The molecule has 6 rings (SSSR count). The number of nitrogens with zero attached hydrogens (tertiary/aromatic N) is 2. The summed E-state index contributed by atoms with van der Waals surface area (Å²) < 4.78 is 0.862. The molecular formula is C27H19BrN2O3. The second kappa shape index (κ2) is 7.52. The van der Waals surface area contributed by atoms with Crippen molar-refractivity contribution in [2.45, 2.75) is 12.1 Å². The first-order chi connectivity index (χ1) is 16.1. The van der Waals surface area contributed by atoms with Crippen LogP contribution in [0, 0.1) is 11.8 Å². The number of imide groups is 1. The number of anilines is 2. The highest BCUT2D eigenvalue weighted by molar-refractivity contribution is 9.10. The highest BCUT2D eigenvalue weighted by atomic mass is 79.9. The van der Waals surface area contributed by atoms with Gasteiger partial charge in [0.25, 0.3) is 0 Å². The molecule has 0 radical (unpaired) electrons. The minimum absolute atomic E-state index is 0.142. The number of carbonyl (C=O) groups is 3. The van der Waals surface area contributed by atoms with Crippen LogP contribution in [0.2, 0.25) is 0 Å². The molecule has 2 fully saturated rings. The predicted octanol–water partition coefficient (Wildman–Crippen LogP) is 4.72. The van der Waals surface area contributed by atoms with Crippen molar-refractivity contribution in [1.29, 1.82) is 0 Å². The Kier molecular flexibility index (Phi) is 4.59. The zero-order valence-electron chi connectivity index (χ0n) is 17.5. The van der Waals surface area contributed by atoms with E-state index in [1.807, 2.05) is 59.5 Å². The summed E-state index contributed by atoms with van der Waals surface area (Å²) in [6.45, 7) is 0. The van der Waals surface area contributed by atoms with Crippen molar-refractivity contribution in [2.24, 2.45) is 11.8 Å². The summed E-state index contributed by atoms with van der Waals surface area (Å²) in [5.74, 6) is -2.09. The number of Topliss-reactive ketones (excluding diaryl/α,β-unsaturated/α-hetero) is 1. The lowest BCUT2D eigenvalue weighted by Gasteiger charge is -2.36. The number of hydrogen-bond acceptors (Lipinski definition) is 4. The molecule has 162 valence electrons. The molecular weight excluding hydrogens is 480 g/mol. The number of ketones is 1. The molecule has 4 atom stereocenters. The monoisotopic (exact) mass is 498 g/mol. The number of para-hydroxylation sites is 1. The van der Waals surface area contributed by atoms with E-state index in [-0.39, 0.29) is 23.6 Å². The molecule has 0 spiro atoms. The van der Waals surface area contributed by atoms with Gasteiger partial charge in [0.2, 0.25) is 11.8 Å². The Morgan fingerprint density at radius 1 is 0.788 bits per heavy atom. The molecule has 3 aliphatic heterocycles. The van der Waals surface area contributed by atoms with Crippen LogP contribution in [0.5, 0.6) is 0 Å². The van der Waals surface area contributed by atoms with Gasteiger partial charge in [-0.2, -0.15) is 0 Å². The highest BCUT2D eigenvalue weighted by Crippen LogP contribution is 2.49. The Balaban J connectivity index is 1.50. The molecule has 0 N–H and O–H groups in total. The van der Waals surface area contributed by atoms with Gasteiger partial charge in [0.05, 0.1) is 23.6 Å². The van der Waals surface area contributed by atoms with Crippen molar-refractivity contribution >= 4 is 51.0 Å². The largest absolute Gasteiger partial charge is 0.352 e. The van der Waals surface area contributed by atoms with Gasteiger partial charge in [0.1, 0.15) is 6.04 Å². The van der Waals surface area contributed by atoms with Gasteiger partial charge in [-0.25, -0.2) is 4.90 Å². The lowest BCUT2D eigenvalue weighted by molar-refractivity contribution is -0.122. The third-order valence-corrected chi connectivity index (χ3v) is 7.36. The van der Waals surface area contributed by atoms with E-state index in [2.05, 4.69) is 15.9 Å². The number of fused-ring (bicyclic) bond motifs is 5. The maximum Gasteiger partial charge on any atom is 0.240 e. The lowest BCUT2D eigenvalue weighted by atomic mass is 9.86. The van der Waals surface area contributed by atoms with Crippen molar-refractivity contribution in [1.82, 2.24) is 0 Å². The molecule has 6 heteroatoms. The molecule has 0 bridgehead atoms. The lowest BCUT2D eigenvalue weighted by Crippen LogP contribution is -2.48. The van der Waals surface area contributed by atoms with Crippen LogP contribution in [-0.2, 0) is 9.59 Å². The number of carbonyl (C=O) groups excluding carboxylic acids is 3. The summed E-state index contributed by atoms with van der Waals surface area (Å²) >= 11 is 3.40. The Labute approximate surface area is 199 Å². The molecule has 2 amide bonds. The fraction of sp³-hybridized carbons (Fsp3) is 0.148. The number of amides is 2. The van der Waals surface area contributed by atoms with E-state index in [9.17, 15) is 14.4 Å². The van der Waals surface area contributed by atoms with E-state index in [4.69, 9.17) is 0 Å². The van der Waals surface area contributed by atoms with Crippen molar-refractivity contribution in [2.75, 3.05) is 9.80 Å². The number of benzene rings is 3. The van der Waals surface area contributed by atoms with Gasteiger partial charge in [0, 0.05) is 15.7 Å². The van der Waals surface area contributed by atoms with Gasteiger partial charge >= 0.3 is 0 Å². The maximum absolute atomic E-state index is 13.8. The first kappa shape index (κ1) is 20.1. The molecule has 3 aliphatic rings. The fourth-order valence-electron chi connectivity index (χ4n) is 5.43. The molecule has 3 aromatic rings. The Morgan fingerprint density at radius 2 is 1.45 bits per heavy atom. The molecule has 0 aliphatic carbocycles. The van der Waals surface area contributed by atoms with E-state index < -0.39 is 17.9 Å². The normalized spacial score (nSPS) is 25.1. The molecule has 2 saturated heterocycles. The molecule has 0 unspecified atom stereocenters. The summed E-state index contributed by atoms with van der Waals surface area (Å²) in [6.07, 6.45) is 3.96. The van der Waals surface area contributed by atoms with Crippen molar-refractivity contribution < 1.29 is 14.4 Å². The zero-order valence-corrected chi connectivity index (χ0v) is 19.1. The van der Waals surface area contributed by atoms with Gasteiger partial charge in [-0.05, 0) is 35.9 Å². The quantitative estimate of drug-likeness (QED) is 0.387. The smallest absolute Gasteiger partial charge is 0.240 e. The maximum atomic E-state index is 13.8. The van der Waals surface area contributed by atoms with Gasteiger partial charge < -0.3 is 4.90 Å². The summed E-state index contributed by atoms with van der Waals surface area (Å²) in [6, 6.07) is 22.8. The topological polar surface area (TPSA) is 57.7 Å². The zero-order chi connectivity index (χ0) is 22.7. The second-order valence-corrected chi connectivity index (χ2v) is 9.45. The first-order valence-corrected chi connectivity index (χ1v) is 11.6. The minimum atomic E-state index is -0.759. The third-order valence-electron chi connectivity index (χ3n) is 6.83. The Morgan fingerprint density at radius 3 is 2.21 bits per heavy atom. The number of hydrogen-bond donors (Lipinski definition) is 0. The van der Waals surface area contributed by atoms with E-state index >= 15 is 0 Å². The van der Waals surface area contributed by atoms with Crippen LogP contribution in [0.4, 0.5) is 11.4 Å². The van der Waals surface area contributed by atoms with E-state index in [0.717, 1.165) is 15.7 Å². The van der Waals surface area contributed by atoms with E-state index in [1.165, 1.54) is 4.90 Å². The number of rotatable bonds is 3. The Bertz CT molecular complexity index is 1320. The van der Waals surface area contributed by atoms with Gasteiger partial charge in [-0.15, -0.1) is 0 Å². The van der Waals surface area contributed by atoms with Crippen LogP contribution in [0.1, 0.15) is 15.9 Å². The predicted molar refractivity (Wildman–Crippen MR) is 130 cm³/mol. The average molecular weight is 499 g/mol. The average Bonchev–Trinajstić information content (AvgIpc) is 3.33. The van der Waals surface area contributed by atoms with Gasteiger partial charge in [-0.1, -0.05) is 76.6 Å². The second-order valence-electron chi connectivity index (χ2n) is 8.53. The van der Waals surface area contributed by atoms with Crippen molar-refractivity contribution in [3.63, 3.8) is 0 Å². The fourth-order valence-corrected chi connectivity index (χ4v) is 5.70. The minimum Gasteiger partial charge on any atom is -0.352 e. The SMILES string of the molecule is O=C(c1ccccc1)[C@@H]1[C@@H]2C(=O)N(c3ccc(Br)cc3)C(=O)[C@H]2[C@H]2C=Cc3ccccc3N21. The van der Waals surface area contributed by atoms with Crippen molar-refractivity contribution in [3.05, 3.63) is 101 Å². The summed E-state index contributed by atoms with van der Waals surface area (Å²) in [4.78, 5) is 44.5. The molecule has 3 aromatic carbocycles. The van der Waals surface area contributed by atoms with E-state index in [0.29, 0.717) is 11.3 Å². The first-order valence-electron chi connectivity index (χ1n) is 10.8. The molecule has 3 heterocycles. The van der Waals surface area contributed by atoms with Gasteiger partial charge in [-0.3, -0.25) is 14.4 Å². The molecule has 0 saturated carbocycles. The molecule has 33 heavy (non-hydrogen) atoms. The van der Waals surface area contributed by atoms with Crippen LogP contribution < -0.4 is 9.80 Å². The van der Waals surface area contributed by atoms with Crippen LogP contribution >= 0.6 is 15.9 Å². The summed E-state index contributed by atoms with van der Waals surface area (Å²) in [7, 11) is 0. The summed E-state index contributed by atoms with van der Waals surface area (Å²) in [5.41, 5.74) is 2.92. The standard InChI is InChI=1S/C27H19BrN2O3/c28-18-11-13-19(14-12-18)29-26(32)22-21-15-10-16-6-4-5-9-20(16)30(21)24(23(22)27(29)33)25(31)17-7-2-1-3-8-17/h1-15,21-24H/t21-,22+,23-,24+/m1/s1. The van der Waals surface area contributed by atoms with Crippen LogP contribution in [-0.4, -0.2) is 29.7 Å². The Hall–Kier alpha value is -3.51. The molecule has 0 aromatic heterocycles. The third kappa shape index (κ3) is 2.94.